The molecule has 2 rings (SSSR count). The second kappa shape index (κ2) is 3.83. The van der Waals surface area contributed by atoms with Gasteiger partial charge in [0.15, 0.2) is 0 Å². The Morgan fingerprint density at radius 3 is 2.93 bits per heavy atom. The van der Waals surface area contributed by atoms with Gasteiger partial charge in [-0.3, -0.25) is 9.59 Å². The number of esters is 2. The van der Waals surface area contributed by atoms with E-state index in [4.69, 9.17) is 9.47 Å². The summed E-state index contributed by atoms with van der Waals surface area (Å²) in [6.07, 6.45) is 1.56. The van der Waals surface area contributed by atoms with E-state index >= 15 is 0 Å². The van der Waals surface area contributed by atoms with Crippen molar-refractivity contribution in [2.45, 2.75) is 32.8 Å². The molecule has 2 aliphatic rings. The monoisotopic (exact) mass is 212 g/mol. The number of fused-ring (bicyclic) bond motifs is 1. The molecule has 0 bridgehead atoms. The van der Waals surface area contributed by atoms with Crippen LogP contribution in [0.3, 0.4) is 0 Å². The Morgan fingerprint density at radius 1 is 1.60 bits per heavy atom. The molecule has 0 spiro atoms. The van der Waals surface area contributed by atoms with Gasteiger partial charge in [-0.1, -0.05) is 13.3 Å². The van der Waals surface area contributed by atoms with Crippen molar-refractivity contribution in [1.82, 2.24) is 0 Å². The molecule has 0 aromatic carbocycles. The molecule has 0 aromatic heterocycles. The lowest BCUT2D eigenvalue weighted by atomic mass is 9.90. The Labute approximate surface area is 88.9 Å². The van der Waals surface area contributed by atoms with Gasteiger partial charge in [-0.2, -0.15) is 0 Å². The molecule has 0 aromatic rings. The summed E-state index contributed by atoms with van der Waals surface area (Å²) in [6, 6.07) is 0. The molecule has 4 unspecified atom stereocenters. The first-order valence-corrected chi connectivity index (χ1v) is 5.47. The van der Waals surface area contributed by atoms with Gasteiger partial charge in [0.05, 0.1) is 6.61 Å². The predicted octanol–water partition coefficient (Wildman–Crippen LogP) is 1.14. The van der Waals surface area contributed by atoms with Crippen LogP contribution in [-0.2, 0) is 19.1 Å². The van der Waals surface area contributed by atoms with Crippen molar-refractivity contribution in [2.24, 2.45) is 17.8 Å². The molecule has 1 saturated carbocycles. The molecule has 1 aliphatic heterocycles. The lowest BCUT2D eigenvalue weighted by Crippen LogP contribution is -2.27. The number of hydrogen-bond donors (Lipinski definition) is 0. The Hall–Kier alpha value is -1.06. The number of ether oxygens (including phenoxy) is 2. The molecule has 1 aliphatic carbocycles. The van der Waals surface area contributed by atoms with Gasteiger partial charge in [0.1, 0.15) is 12.0 Å². The van der Waals surface area contributed by atoms with Crippen LogP contribution in [0.15, 0.2) is 0 Å². The highest BCUT2D eigenvalue weighted by molar-refractivity contribution is 5.77. The van der Waals surface area contributed by atoms with E-state index in [9.17, 15) is 9.59 Å². The maximum Gasteiger partial charge on any atom is 0.313 e. The van der Waals surface area contributed by atoms with Crippen LogP contribution in [0.1, 0.15) is 26.7 Å². The van der Waals surface area contributed by atoms with E-state index in [-0.39, 0.29) is 29.9 Å². The summed E-state index contributed by atoms with van der Waals surface area (Å²) in [7, 11) is 0. The second-order valence-electron chi connectivity index (χ2n) is 4.37. The van der Waals surface area contributed by atoms with E-state index in [2.05, 4.69) is 6.92 Å². The fourth-order valence-electron chi connectivity index (χ4n) is 2.83. The molecule has 15 heavy (non-hydrogen) atoms. The summed E-state index contributed by atoms with van der Waals surface area (Å²) >= 11 is 0. The highest BCUT2D eigenvalue weighted by atomic mass is 16.6. The third kappa shape index (κ3) is 1.73. The highest BCUT2D eigenvalue weighted by Gasteiger charge is 2.53. The van der Waals surface area contributed by atoms with E-state index in [1.807, 2.05) is 0 Å². The minimum atomic E-state index is -0.310. The van der Waals surface area contributed by atoms with E-state index in [1.54, 1.807) is 0 Å². The van der Waals surface area contributed by atoms with E-state index in [0.717, 1.165) is 12.8 Å². The summed E-state index contributed by atoms with van der Waals surface area (Å²) in [5, 5.41) is 0. The quantitative estimate of drug-likeness (QED) is 0.644. The van der Waals surface area contributed by atoms with Gasteiger partial charge in [-0.05, 0) is 12.3 Å². The average Bonchev–Trinajstić information content (AvgIpc) is 2.68. The van der Waals surface area contributed by atoms with E-state index in [1.165, 1.54) is 6.92 Å². The Bertz CT molecular complexity index is 286. The van der Waals surface area contributed by atoms with Crippen molar-refractivity contribution in [3.05, 3.63) is 0 Å². The highest BCUT2D eigenvalue weighted by Crippen LogP contribution is 2.44. The van der Waals surface area contributed by atoms with Crippen LogP contribution in [0.5, 0.6) is 0 Å². The van der Waals surface area contributed by atoms with Crippen molar-refractivity contribution in [2.75, 3.05) is 6.61 Å². The molecule has 1 saturated heterocycles. The lowest BCUT2D eigenvalue weighted by Gasteiger charge is -2.14. The van der Waals surface area contributed by atoms with Crippen LogP contribution < -0.4 is 0 Å². The third-order valence-corrected chi connectivity index (χ3v) is 3.53. The molecule has 2 fully saturated rings. The van der Waals surface area contributed by atoms with Crippen molar-refractivity contribution in [3.63, 3.8) is 0 Å². The van der Waals surface area contributed by atoms with Gasteiger partial charge in [0.25, 0.3) is 0 Å². The SMILES string of the molecule is CCC1CC(OC(C)=O)C2C(=O)OCC12. The third-order valence-electron chi connectivity index (χ3n) is 3.53. The molecule has 0 N–H and O–H groups in total. The van der Waals surface area contributed by atoms with Crippen LogP contribution in [-0.4, -0.2) is 24.6 Å². The number of carbonyl (C=O) groups is 2. The molecular weight excluding hydrogens is 196 g/mol. The zero-order chi connectivity index (χ0) is 11.0. The first kappa shape index (κ1) is 10.5. The van der Waals surface area contributed by atoms with E-state index in [0.29, 0.717) is 12.5 Å². The van der Waals surface area contributed by atoms with Crippen molar-refractivity contribution < 1.29 is 19.1 Å². The molecule has 4 atom stereocenters. The van der Waals surface area contributed by atoms with Gasteiger partial charge in [0.2, 0.25) is 0 Å². The van der Waals surface area contributed by atoms with E-state index < -0.39 is 0 Å². The molecule has 4 nitrogen and oxygen atoms in total. The zero-order valence-electron chi connectivity index (χ0n) is 9.06. The molecule has 84 valence electrons. The number of carbonyl (C=O) groups excluding carboxylic acids is 2. The second-order valence-corrected chi connectivity index (χ2v) is 4.37. The van der Waals surface area contributed by atoms with Crippen LogP contribution in [0.4, 0.5) is 0 Å². The Balaban J connectivity index is 2.12. The van der Waals surface area contributed by atoms with Crippen molar-refractivity contribution in [3.8, 4) is 0 Å². The number of hydrogen-bond acceptors (Lipinski definition) is 4. The van der Waals surface area contributed by atoms with Gasteiger partial charge in [-0.15, -0.1) is 0 Å². The fourth-order valence-corrected chi connectivity index (χ4v) is 2.83. The lowest BCUT2D eigenvalue weighted by molar-refractivity contribution is -0.153. The van der Waals surface area contributed by atoms with Crippen LogP contribution >= 0.6 is 0 Å². The minimum Gasteiger partial charge on any atom is -0.465 e. The minimum absolute atomic E-state index is 0.192. The Kier molecular flexibility index (Phi) is 2.67. The molecule has 0 radical (unpaired) electrons. The van der Waals surface area contributed by atoms with Gasteiger partial charge < -0.3 is 9.47 Å². The van der Waals surface area contributed by atoms with Gasteiger partial charge in [0, 0.05) is 12.8 Å². The van der Waals surface area contributed by atoms with Crippen LogP contribution in [0.2, 0.25) is 0 Å². The fraction of sp³-hybridized carbons (Fsp3) is 0.818. The van der Waals surface area contributed by atoms with Gasteiger partial charge >= 0.3 is 11.9 Å². The molecular formula is C11H16O4. The molecule has 4 heteroatoms. The van der Waals surface area contributed by atoms with Crippen molar-refractivity contribution >= 4 is 11.9 Å². The number of cyclic esters (lactones) is 1. The normalized spacial score (nSPS) is 38.7. The smallest absolute Gasteiger partial charge is 0.313 e. The first-order valence-electron chi connectivity index (χ1n) is 5.47. The first-order chi connectivity index (χ1) is 7.13. The largest absolute Gasteiger partial charge is 0.465 e. The van der Waals surface area contributed by atoms with Crippen molar-refractivity contribution in [1.29, 1.82) is 0 Å². The van der Waals surface area contributed by atoms with Crippen LogP contribution in [0.25, 0.3) is 0 Å². The summed E-state index contributed by atoms with van der Waals surface area (Å²) in [5.41, 5.74) is 0. The molecule has 1 heterocycles. The summed E-state index contributed by atoms with van der Waals surface area (Å²) in [4.78, 5) is 22.4. The standard InChI is InChI=1S/C11H16O4/c1-3-7-4-9(15-6(2)12)10-8(7)5-14-11(10)13/h7-10H,3-5H2,1-2H3. The average molecular weight is 212 g/mol. The zero-order valence-corrected chi connectivity index (χ0v) is 9.06. The molecule has 0 amide bonds. The Morgan fingerprint density at radius 2 is 2.33 bits per heavy atom. The summed E-state index contributed by atoms with van der Waals surface area (Å²) in [5.74, 6) is -0.00565. The predicted molar refractivity (Wildman–Crippen MR) is 51.9 cm³/mol. The van der Waals surface area contributed by atoms with Crippen LogP contribution in [0, 0.1) is 17.8 Å². The maximum atomic E-state index is 11.5. The summed E-state index contributed by atoms with van der Waals surface area (Å²) in [6.45, 7) is 3.98. The number of rotatable bonds is 2. The topological polar surface area (TPSA) is 52.6 Å². The van der Waals surface area contributed by atoms with Gasteiger partial charge in [-0.25, -0.2) is 0 Å². The maximum absolute atomic E-state index is 11.5. The summed E-state index contributed by atoms with van der Waals surface area (Å²) < 4.78 is 10.2.